The zero-order chi connectivity index (χ0) is 19.8. The third-order valence-corrected chi connectivity index (χ3v) is 6.72. The molecule has 0 unspecified atom stereocenters. The minimum Gasteiger partial charge on any atom is -0.385 e. The highest BCUT2D eigenvalue weighted by Crippen LogP contribution is 2.47. The Kier molecular flexibility index (Phi) is 4.55. The minimum absolute atomic E-state index is 0.0317. The van der Waals surface area contributed by atoms with Crippen molar-refractivity contribution in [1.82, 2.24) is 14.9 Å². The van der Waals surface area contributed by atoms with E-state index in [4.69, 9.17) is 0 Å². The molecular formula is C24H25N3O2. The maximum Gasteiger partial charge on any atom is 0.272 e. The lowest BCUT2D eigenvalue weighted by molar-refractivity contribution is -0.110. The van der Waals surface area contributed by atoms with Gasteiger partial charge in [0.05, 0.1) is 11.1 Å². The van der Waals surface area contributed by atoms with Crippen LogP contribution < -0.4 is 0 Å². The molecule has 3 atom stereocenters. The van der Waals surface area contributed by atoms with E-state index in [1.165, 1.54) is 0 Å². The zero-order valence-electron chi connectivity index (χ0n) is 16.4. The number of likely N-dealkylation sites (tertiary alicyclic amines) is 1. The summed E-state index contributed by atoms with van der Waals surface area (Å²) in [7, 11) is 0. The first-order chi connectivity index (χ1) is 14.2. The molecule has 1 aromatic carbocycles. The van der Waals surface area contributed by atoms with Crippen molar-refractivity contribution in [1.29, 1.82) is 0 Å². The quantitative estimate of drug-likeness (QED) is 0.724. The number of amides is 1. The van der Waals surface area contributed by atoms with Gasteiger partial charge in [0.25, 0.3) is 5.91 Å². The van der Waals surface area contributed by atoms with Gasteiger partial charge in [-0.05, 0) is 43.0 Å². The van der Waals surface area contributed by atoms with Crippen LogP contribution in [0.5, 0.6) is 0 Å². The number of pyridine rings is 2. The summed E-state index contributed by atoms with van der Waals surface area (Å²) in [5.74, 6) is 0.0248. The topological polar surface area (TPSA) is 66.3 Å². The third kappa shape index (κ3) is 3.10. The van der Waals surface area contributed by atoms with Crippen LogP contribution in [0.3, 0.4) is 0 Å². The lowest BCUT2D eigenvalue weighted by atomic mass is 9.66. The second kappa shape index (κ2) is 7.23. The SMILES string of the molecule is O=C(c1ccc2cnccc2n1)N1CC[C@@](O)(c2ccccc2)[C@@H]2CCCC[C@@H]21. The fourth-order valence-electron chi connectivity index (χ4n) is 5.25. The molecule has 2 aliphatic rings. The van der Waals surface area contributed by atoms with Crippen LogP contribution in [-0.2, 0) is 5.60 Å². The van der Waals surface area contributed by atoms with E-state index in [1.54, 1.807) is 18.5 Å². The van der Waals surface area contributed by atoms with Gasteiger partial charge < -0.3 is 10.0 Å². The Bertz CT molecular complexity index is 1040. The van der Waals surface area contributed by atoms with Crippen molar-refractivity contribution in [3.63, 3.8) is 0 Å². The first kappa shape index (κ1) is 18.3. The molecule has 5 heteroatoms. The van der Waals surface area contributed by atoms with Crippen molar-refractivity contribution in [2.45, 2.75) is 43.7 Å². The van der Waals surface area contributed by atoms with Gasteiger partial charge in [-0.25, -0.2) is 4.98 Å². The Morgan fingerprint density at radius 2 is 1.90 bits per heavy atom. The first-order valence-corrected chi connectivity index (χ1v) is 10.5. The molecule has 3 heterocycles. The summed E-state index contributed by atoms with van der Waals surface area (Å²) in [6.07, 6.45) is 8.07. The van der Waals surface area contributed by atoms with Crippen LogP contribution in [0.25, 0.3) is 10.9 Å². The van der Waals surface area contributed by atoms with Crippen LogP contribution in [0.2, 0.25) is 0 Å². The fourth-order valence-corrected chi connectivity index (χ4v) is 5.25. The van der Waals surface area contributed by atoms with Gasteiger partial charge in [-0.15, -0.1) is 0 Å². The molecule has 2 aromatic heterocycles. The van der Waals surface area contributed by atoms with Crippen LogP contribution in [0.4, 0.5) is 0 Å². The van der Waals surface area contributed by atoms with E-state index in [1.807, 2.05) is 47.4 Å². The number of hydrogen-bond acceptors (Lipinski definition) is 4. The van der Waals surface area contributed by atoms with E-state index in [0.29, 0.717) is 18.7 Å². The number of aromatic nitrogens is 2. The van der Waals surface area contributed by atoms with Crippen LogP contribution >= 0.6 is 0 Å². The summed E-state index contributed by atoms with van der Waals surface area (Å²) in [6, 6.07) is 15.6. The normalized spacial score (nSPS) is 26.9. The van der Waals surface area contributed by atoms with Crippen LogP contribution in [0.1, 0.15) is 48.2 Å². The van der Waals surface area contributed by atoms with E-state index in [-0.39, 0.29) is 17.9 Å². The summed E-state index contributed by atoms with van der Waals surface area (Å²) < 4.78 is 0. The molecule has 148 valence electrons. The van der Waals surface area contributed by atoms with Gasteiger partial charge in [-0.2, -0.15) is 0 Å². The highest BCUT2D eigenvalue weighted by atomic mass is 16.3. The molecule has 0 bridgehead atoms. The van der Waals surface area contributed by atoms with Crippen molar-refractivity contribution in [3.8, 4) is 0 Å². The number of carbonyl (C=O) groups excluding carboxylic acids is 1. The number of fused-ring (bicyclic) bond motifs is 2. The van der Waals surface area contributed by atoms with Gasteiger partial charge in [0.1, 0.15) is 5.69 Å². The molecular weight excluding hydrogens is 362 g/mol. The number of carbonyl (C=O) groups is 1. The van der Waals surface area contributed by atoms with Crippen molar-refractivity contribution >= 4 is 16.8 Å². The second-order valence-corrected chi connectivity index (χ2v) is 8.26. The van der Waals surface area contributed by atoms with Gasteiger partial charge in [0.2, 0.25) is 0 Å². The number of hydrogen-bond donors (Lipinski definition) is 1. The maximum absolute atomic E-state index is 13.4. The molecule has 1 saturated carbocycles. The number of piperidine rings is 1. The van der Waals surface area contributed by atoms with Crippen LogP contribution in [0, 0.1) is 5.92 Å². The smallest absolute Gasteiger partial charge is 0.272 e. The Morgan fingerprint density at radius 3 is 2.76 bits per heavy atom. The van der Waals surface area contributed by atoms with Gasteiger partial charge >= 0.3 is 0 Å². The van der Waals surface area contributed by atoms with E-state index in [0.717, 1.165) is 42.1 Å². The van der Waals surface area contributed by atoms with Crippen molar-refractivity contribution in [2.75, 3.05) is 6.54 Å². The predicted molar refractivity (Wildman–Crippen MR) is 111 cm³/mol. The number of rotatable bonds is 2. The van der Waals surface area contributed by atoms with Crippen LogP contribution in [0.15, 0.2) is 60.9 Å². The fraction of sp³-hybridized carbons (Fsp3) is 0.375. The molecule has 5 rings (SSSR count). The van der Waals surface area contributed by atoms with E-state index in [2.05, 4.69) is 9.97 Å². The molecule has 3 aromatic rings. The molecule has 1 aliphatic carbocycles. The highest BCUT2D eigenvalue weighted by Gasteiger charge is 2.50. The molecule has 2 fully saturated rings. The Morgan fingerprint density at radius 1 is 1.07 bits per heavy atom. The molecule has 1 saturated heterocycles. The monoisotopic (exact) mass is 387 g/mol. The van der Waals surface area contributed by atoms with Crippen molar-refractivity contribution in [2.24, 2.45) is 5.92 Å². The third-order valence-electron chi connectivity index (χ3n) is 6.72. The average molecular weight is 387 g/mol. The Balaban J connectivity index is 1.47. The van der Waals surface area contributed by atoms with Gasteiger partial charge in [-0.1, -0.05) is 43.2 Å². The summed E-state index contributed by atoms with van der Waals surface area (Å²) >= 11 is 0. The van der Waals surface area contributed by atoms with E-state index >= 15 is 0 Å². The summed E-state index contributed by atoms with van der Waals surface area (Å²) in [5, 5.41) is 12.6. The standard InChI is InChI=1S/C24H25N3O2/c28-23(21-11-10-17-16-25-14-12-20(17)26-21)27-15-13-24(29,18-6-2-1-3-7-18)19-8-4-5-9-22(19)27/h1-3,6-7,10-12,14,16,19,22,29H,4-5,8-9,13,15H2/t19-,22+,24-/m1/s1. The zero-order valence-corrected chi connectivity index (χ0v) is 16.4. The Hall–Kier alpha value is -2.79. The van der Waals surface area contributed by atoms with Crippen molar-refractivity contribution in [3.05, 3.63) is 72.2 Å². The lowest BCUT2D eigenvalue weighted by Gasteiger charge is -2.52. The average Bonchev–Trinajstić information content (AvgIpc) is 2.79. The summed E-state index contributed by atoms with van der Waals surface area (Å²) in [5.41, 5.74) is 1.35. The number of aliphatic hydroxyl groups is 1. The largest absolute Gasteiger partial charge is 0.385 e. The molecule has 5 nitrogen and oxygen atoms in total. The molecule has 1 aliphatic heterocycles. The van der Waals surface area contributed by atoms with Gasteiger partial charge in [-0.3, -0.25) is 9.78 Å². The highest BCUT2D eigenvalue weighted by molar-refractivity contribution is 5.95. The minimum atomic E-state index is -0.869. The number of benzene rings is 1. The summed E-state index contributed by atoms with van der Waals surface area (Å²) in [4.78, 5) is 24.1. The summed E-state index contributed by atoms with van der Waals surface area (Å²) in [6.45, 7) is 0.543. The Labute approximate surface area is 170 Å². The van der Waals surface area contributed by atoms with Gasteiger partial charge in [0.15, 0.2) is 0 Å². The van der Waals surface area contributed by atoms with Crippen LogP contribution in [-0.4, -0.2) is 38.5 Å². The molecule has 0 radical (unpaired) electrons. The lowest BCUT2D eigenvalue weighted by Crippen LogP contribution is -2.59. The van der Waals surface area contributed by atoms with Crippen molar-refractivity contribution < 1.29 is 9.90 Å². The molecule has 1 amide bonds. The first-order valence-electron chi connectivity index (χ1n) is 10.5. The molecule has 1 N–H and O–H groups in total. The second-order valence-electron chi connectivity index (χ2n) is 8.26. The van der Waals surface area contributed by atoms with Gasteiger partial charge in [0, 0.05) is 36.3 Å². The van der Waals surface area contributed by atoms with E-state index < -0.39 is 5.60 Å². The van der Waals surface area contributed by atoms with E-state index in [9.17, 15) is 9.90 Å². The molecule has 0 spiro atoms. The molecule has 29 heavy (non-hydrogen) atoms. The number of nitrogens with zero attached hydrogens (tertiary/aromatic N) is 3. The predicted octanol–water partition coefficient (Wildman–Crippen LogP) is 3.92. The maximum atomic E-state index is 13.4.